The van der Waals surface area contributed by atoms with Gasteiger partial charge < -0.3 is 10.0 Å². The first kappa shape index (κ1) is 28.7. The summed E-state index contributed by atoms with van der Waals surface area (Å²) in [6.07, 6.45) is 11.2. The Labute approximate surface area is 207 Å². The van der Waals surface area contributed by atoms with Crippen LogP contribution in [0.4, 0.5) is 5.82 Å². The zero-order valence-corrected chi connectivity index (χ0v) is 22.3. The van der Waals surface area contributed by atoms with Gasteiger partial charge in [0, 0.05) is 24.7 Å². The number of nitrogens with zero attached hydrogens (tertiary/aromatic N) is 3. The highest BCUT2D eigenvalue weighted by Crippen LogP contribution is 2.34. The van der Waals surface area contributed by atoms with Crippen LogP contribution in [-0.4, -0.2) is 38.9 Å². The number of pyridine rings is 1. The smallest absolute Gasteiger partial charge is 0.319 e. The van der Waals surface area contributed by atoms with Crippen LogP contribution in [0.1, 0.15) is 77.5 Å². The number of thioether (sulfide) groups is 1. The van der Waals surface area contributed by atoms with Crippen LogP contribution in [0.25, 0.3) is 0 Å². The molecule has 0 radical (unpaired) electrons. The zero-order chi connectivity index (χ0) is 22.7. The van der Waals surface area contributed by atoms with E-state index in [4.69, 9.17) is 4.98 Å². The number of carbonyl (C=O) groups is 1. The fourth-order valence-electron chi connectivity index (χ4n) is 3.22. The van der Waals surface area contributed by atoms with Crippen molar-refractivity contribution in [2.45, 2.75) is 88.1 Å². The topological polar surface area (TPSA) is 66.3 Å². The van der Waals surface area contributed by atoms with Crippen molar-refractivity contribution in [3.05, 3.63) is 35.0 Å². The van der Waals surface area contributed by atoms with Gasteiger partial charge in [-0.15, -0.1) is 23.7 Å². The van der Waals surface area contributed by atoms with Gasteiger partial charge in [0.25, 0.3) is 0 Å². The summed E-state index contributed by atoms with van der Waals surface area (Å²) in [5, 5.41) is 11.4. The highest BCUT2D eigenvalue weighted by atomic mass is 35.5. The number of anilines is 1. The lowest BCUT2D eigenvalue weighted by Crippen LogP contribution is -2.27. The monoisotopic (exact) mass is 499 g/mol. The van der Waals surface area contributed by atoms with E-state index in [0.717, 1.165) is 48.2 Å². The molecule has 0 aromatic carbocycles. The third-order valence-corrected chi connectivity index (χ3v) is 7.49. The third kappa shape index (κ3) is 9.67. The Balaban J connectivity index is 0.00000512. The molecule has 0 saturated carbocycles. The summed E-state index contributed by atoms with van der Waals surface area (Å²) >= 11 is 2.86. The molecule has 2 aromatic rings. The number of hydrogen-bond acceptors (Lipinski definition) is 6. The minimum Gasteiger partial charge on any atom is -0.480 e. The van der Waals surface area contributed by atoms with Gasteiger partial charge in [-0.2, -0.15) is 0 Å². The van der Waals surface area contributed by atoms with Crippen LogP contribution in [0.3, 0.4) is 0 Å². The molecule has 2 aromatic heterocycles. The summed E-state index contributed by atoms with van der Waals surface area (Å²) in [4.78, 5) is 23.1. The van der Waals surface area contributed by atoms with Crippen molar-refractivity contribution in [3.8, 4) is 0 Å². The van der Waals surface area contributed by atoms with Gasteiger partial charge in [0.1, 0.15) is 10.6 Å². The average molecular weight is 500 g/mol. The highest BCUT2D eigenvalue weighted by molar-refractivity contribution is 8.02. The van der Waals surface area contributed by atoms with Crippen LogP contribution in [0.5, 0.6) is 0 Å². The molecule has 0 spiro atoms. The van der Waals surface area contributed by atoms with E-state index in [1.165, 1.54) is 60.8 Å². The van der Waals surface area contributed by atoms with E-state index in [0.29, 0.717) is 0 Å². The Morgan fingerprint density at radius 2 is 1.84 bits per heavy atom. The minimum atomic E-state index is -0.861. The second-order valence-corrected chi connectivity index (χ2v) is 11.1. The van der Waals surface area contributed by atoms with Crippen LogP contribution in [-0.2, 0) is 17.6 Å². The van der Waals surface area contributed by atoms with Crippen molar-refractivity contribution in [1.29, 1.82) is 0 Å². The molecule has 0 saturated heterocycles. The van der Waals surface area contributed by atoms with Crippen molar-refractivity contribution >= 4 is 47.3 Å². The van der Waals surface area contributed by atoms with Crippen LogP contribution < -0.4 is 4.90 Å². The van der Waals surface area contributed by atoms with Crippen molar-refractivity contribution < 1.29 is 9.90 Å². The van der Waals surface area contributed by atoms with Crippen LogP contribution >= 0.6 is 35.5 Å². The summed E-state index contributed by atoms with van der Waals surface area (Å²) in [5.41, 5.74) is 2.31. The molecular weight excluding hydrogens is 462 g/mol. The SMILES string of the molecule is CCCCCCCN(CCCc1csc(SC(C)(C)C(=O)O)n1)c1ccc(CC)cn1.Cl. The molecule has 0 unspecified atom stereocenters. The number of aliphatic carboxylic acids is 1. The normalized spacial score (nSPS) is 11.2. The third-order valence-electron chi connectivity index (χ3n) is 5.32. The van der Waals surface area contributed by atoms with Gasteiger partial charge in [0.05, 0.1) is 5.69 Å². The fourth-order valence-corrected chi connectivity index (χ4v) is 5.45. The fraction of sp³-hybridized carbons (Fsp3) is 0.625. The largest absolute Gasteiger partial charge is 0.480 e. The lowest BCUT2D eigenvalue weighted by molar-refractivity contribution is -0.138. The second-order valence-electron chi connectivity index (χ2n) is 8.41. The number of rotatable bonds is 15. The van der Waals surface area contributed by atoms with Gasteiger partial charge in [0.15, 0.2) is 4.34 Å². The number of aromatic nitrogens is 2. The van der Waals surface area contributed by atoms with Crippen molar-refractivity contribution in [2.75, 3.05) is 18.0 Å². The molecule has 32 heavy (non-hydrogen) atoms. The van der Waals surface area contributed by atoms with Gasteiger partial charge in [-0.1, -0.05) is 57.4 Å². The maximum absolute atomic E-state index is 11.3. The zero-order valence-electron chi connectivity index (χ0n) is 19.8. The molecule has 2 rings (SSSR count). The van der Waals surface area contributed by atoms with Crippen LogP contribution in [0.15, 0.2) is 28.0 Å². The van der Waals surface area contributed by atoms with E-state index in [1.54, 1.807) is 13.8 Å². The number of thiazole rings is 1. The lowest BCUT2D eigenvalue weighted by Gasteiger charge is -2.24. The van der Waals surface area contributed by atoms with Gasteiger partial charge in [-0.3, -0.25) is 4.79 Å². The number of hydrogen-bond donors (Lipinski definition) is 1. The van der Waals surface area contributed by atoms with Crippen molar-refractivity contribution in [3.63, 3.8) is 0 Å². The van der Waals surface area contributed by atoms with Crippen LogP contribution in [0.2, 0.25) is 0 Å². The van der Waals surface area contributed by atoms with E-state index in [1.807, 2.05) is 6.20 Å². The Morgan fingerprint density at radius 3 is 2.47 bits per heavy atom. The number of halogens is 1. The quantitative estimate of drug-likeness (QED) is 0.212. The van der Waals surface area contributed by atoms with E-state index < -0.39 is 10.7 Å². The Hall–Kier alpha value is -1.31. The van der Waals surface area contributed by atoms with Crippen molar-refractivity contribution in [1.82, 2.24) is 9.97 Å². The van der Waals surface area contributed by atoms with Gasteiger partial charge in [-0.05, 0) is 51.2 Å². The highest BCUT2D eigenvalue weighted by Gasteiger charge is 2.29. The second kappa shape index (κ2) is 14.8. The van der Waals surface area contributed by atoms with Gasteiger partial charge in [-0.25, -0.2) is 9.97 Å². The molecule has 0 aliphatic carbocycles. The first-order valence-electron chi connectivity index (χ1n) is 11.4. The van der Waals surface area contributed by atoms with E-state index in [2.05, 4.69) is 41.2 Å². The van der Waals surface area contributed by atoms with E-state index in [9.17, 15) is 9.90 Å². The van der Waals surface area contributed by atoms with Gasteiger partial charge >= 0.3 is 5.97 Å². The Morgan fingerprint density at radius 1 is 1.12 bits per heavy atom. The minimum absolute atomic E-state index is 0. The van der Waals surface area contributed by atoms with E-state index >= 15 is 0 Å². The molecule has 5 nitrogen and oxygen atoms in total. The Kier molecular flexibility index (Phi) is 13.2. The summed E-state index contributed by atoms with van der Waals surface area (Å²) in [6.45, 7) is 9.82. The predicted octanol–water partition coefficient (Wildman–Crippen LogP) is 6.89. The molecule has 2 heterocycles. The van der Waals surface area contributed by atoms with Crippen molar-refractivity contribution in [2.24, 2.45) is 0 Å². The predicted molar refractivity (Wildman–Crippen MR) is 140 cm³/mol. The number of carboxylic acids is 1. The maximum Gasteiger partial charge on any atom is 0.319 e. The average Bonchev–Trinajstić information content (AvgIpc) is 3.18. The van der Waals surface area contributed by atoms with Gasteiger partial charge in [0.2, 0.25) is 0 Å². The number of aryl methyl sites for hydroxylation is 2. The summed E-state index contributed by atoms with van der Waals surface area (Å²) in [7, 11) is 0. The summed E-state index contributed by atoms with van der Waals surface area (Å²) in [6, 6.07) is 4.33. The summed E-state index contributed by atoms with van der Waals surface area (Å²) < 4.78 is -0.0352. The molecule has 0 aliphatic heterocycles. The molecule has 8 heteroatoms. The molecule has 180 valence electrons. The molecule has 0 aliphatic rings. The first-order valence-corrected chi connectivity index (χ1v) is 13.1. The lowest BCUT2D eigenvalue weighted by atomic mass is 10.1. The Bertz CT molecular complexity index is 797. The standard InChI is InChI=1S/C24H37N3O2S2.ClH/c1-5-7-8-9-10-15-27(21-14-13-19(6-2)17-25-21)16-11-12-20-18-30-23(26-20)31-24(3,4)22(28)29;/h13-14,17-18H,5-12,15-16H2,1-4H3,(H,28,29);1H. The molecule has 1 N–H and O–H groups in total. The molecule has 0 atom stereocenters. The number of unbranched alkanes of at least 4 members (excludes halogenated alkanes) is 4. The first-order chi connectivity index (χ1) is 14.9. The molecule has 0 bridgehead atoms. The summed E-state index contributed by atoms with van der Waals surface area (Å²) in [5.74, 6) is 0.246. The van der Waals surface area contributed by atoms with Crippen LogP contribution in [0, 0.1) is 0 Å². The molecule has 0 amide bonds. The molecule has 0 fully saturated rings. The number of carboxylic acid groups (broad SMARTS) is 1. The van der Waals surface area contributed by atoms with E-state index in [-0.39, 0.29) is 12.4 Å². The maximum atomic E-state index is 11.3. The molecular formula is C24H38ClN3O2S2.